The Morgan fingerprint density at radius 3 is 1.94 bits per heavy atom. The molecule has 0 saturated carbocycles. The van der Waals surface area contributed by atoms with Crippen molar-refractivity contribution in [1.29, 1.82) is 0 Å². The second-order valence-electron chi connectivity index (χ2n) is 5.57. The molecule has 3 aliphatic heterocycles. The highest BCUT2D eigenvalue weighted by Gasteiger charge is 2.45. The zero-order chi connectivity index (χ0) is 11.6. The molecule has 0 aromatic carbocycles. The molecule has 4 heteroatoms. The van der Waals surface area contributed by atoms with Crippen LogP contribution >= 0.6 is 0 Å². The number of likely N-dealkylation sites (tertiary alicyclic amines) is 2. The fourth-order valence-electron chi connectivity index (χ4n) is 3.58. The van der Waals surface area contributed by atoms with Crippen LogP contribution in [0.4, 0.5) is 0 Å². The van der Waals surface area contributed by atoms with Gasteiger partial charge in [-0.3, -0.25) is 9.80 Å². The van der Waals surface area contributed by atoms with Crippen LogP contribution in [0.15, 0.2) is 0 Å². The number of rotatable bonds is 2. The third kappa shape index (κ3) is 2.24. The second kappa shape index (κ2) is 5.22. The average Bonchev–Trinajstić information content (AvgIpc) is 2.95. The smallest absolute Gasteiger partial charge is 0.157 e. The van der Waals surface area contributed by atoms with Crippen LogP contribution in [0.5, 0.6) is 0 Å². The molecule has 97 valence electrons. The van der Waals surface area contributed by atoms with Crippen LogP contribution in [0, 0.1) is 0 Å². The molecule has 1 N–H and O–H groups in total. The lowest BCUT2D eigenvalue weighted by molar-refractivity contribution is -0.0931. The van der Waals surface area contributed by atoms with Crippen molar-refractivity contribution >= 4 is 0 Å². The molecule has 4 nitrogen and oxygen atoms in total. The van der Waals surface area contributed by atoms with E-state index in [0.29, 0.717) is 0 Å². The highest BCUT2D eigenvalue weighted by molar-refractivity contribution is 4.95. The normalized spacial score (nSPS) is 37.4. The van der Waals surface area contributed by atoms with E-state index in [2.05, 4.69) is 15.1 Å². The van der Waals surface area contributed by atoms with Gasteiger partial charge in [0.2, 0.25) is 0 Å². The summed E-state index contributed by atoms with van der Waals surface area (Å²) in [7, 11) is 0. The largest absolute Gasteiger partial charge is 0.311 e. The van der Waals surface area contributed by atoms with Gasteiger partial charge in [0, 0.05) is 45.8 Å². The summed E-state index contributed by atoms with van der Waals surface area (Å²) in [6.07, 6.45) is 6.81. The van der Waals surface area contributed by atoms with E-state index in [0.717, 1.165) is 19.6 Å². The number of nitrogens with one attached hydrogen (secondary N) is 1. The molecular formula is C13H25N4. The van der Waals surface area contributed by atoms with Gasteiger partial charge in [0.1, 0.15) is 0 Å². The SMILES string of the molecule is C1CCN(C2(N3CCCC3)CNCC[N]2)CC1. The number of hydrogen-bond donors (Lipinski definition) is 1. The summed E-state index contributed by atoms with van der Waals surface area (Å²) in [4.78, 5) is 5.28. The van der Waals surface area contributed by atoms with Gasteiger partial charge in [-0.25, -0.2) is 5.32 Å². The standard InChI is InChI=1S/C13H25N4/c1-2-8-16(9-3-1)13(12-14-6-7-15-13)17-10-4-5-11-17/h14H,1-12H2. The summed E-state index contributed by atoms with van der Waals surface area (Å²) in [5, 5.41) is 8.63. The van der Waals surface area contributed by atoms with Gasteiger partial charge in [0.05, 0.1) is 0 Å². The van der Waals surface area contributed by atoms with Gasteiger partial charge in [0.25, 0.3) is 0 Å². The van der Waals surface area contributed by atoms with Crippen molar-refractivity contribution in [3.05, 3.63) is 0 Å². The Labute approximate surface area is 105 Å². The lowest BCUT2D eigenvalue weighted by Gasteiger charge is -2.52. The Hall–Kier alpha value is -0.160. The van der Waals surface area contributed by atoms with E-state index in [4.69, 9.17) is 5.32 Å². The van der Waals surface area contributed by atoms with Crippen molar-refractivity contribution in [2.45, 2.75) is 37.9 Å². The molecule has 3 aliphatic rings. The minimum atomic E-state index is 0.00910. The van der Waals surface area contributed by atoms with Crippen molar-refractivity contribution < 1.29 is 0 Å². The summed E-state index contributed by atoms with van der Waals surface area (Å²) in [6.45, 7) is 8.02. The van der Waals surface area contributed by atoms with Crippen LogP contribution in [0.3, 0.4) is 0 Å². The number of hydrogen-bond acceptors (Lipinski definition) is 3. The second-order valence-corrected chi connectivity index (χ2v) is 5.57. The molecule has 0 aromatic rings. The van der Waals surface area contributed by atoms with Crippen molar-refractivity contribution in [3.8, 4) is 0 Å². The molecule has 0 aliphatic carbocycles. The van der Waals surface area contributed by atoms with E-state index < -0.39 is 0 Å². The fourth-order valence-corrected chi connectivity index (χ4v) is 3.58. The Balaban J connectivity index is 1.78. The van der Waals surface area contributed by atoms with Crippen LogP contribution in [-0.2, 0) is 0 Å². The Morgan fingerprint density at radius 2 is 1.41 bits per heavy atom. The summed E-state index contributed by atoms with van der Waals surface area (Å²) in [5.41, 5.74) is 0. The molecule has 1 unspecified atom stereocenters. The summed E-state index contributed by atoms with van der Waals surface area (Å²) < 4.78 is 0. The first-order chi connectivity index (χ1) is 8.42. The van der Waals surface area contributed by atoms with E-state index in [1.165, 1.54) is 58.3 Å². The Kier molecular flexibility index (Phi) is 3.66. The molecule has 3 saturated heterocycles. The highest BCUT2D eigenvalue weighted by atomic mass is 15.5. The molecule has 1 atom stereocenters. The zero-order valence-corrected chi connectivity index (χ0v) is 10.8. The third-order valence-corrected chi connectivity index (χ3v) is 4.49. The molecule has 0 spiro atoms. The summed E-state index contributed by atoms with van der Waals surface area (Å²) in [6, 6.07) is 0. The van der Waals surface area contributed by atoms with Gasteiger partial charge in [0.15, 0.2) is 5.79 Å². The molecule has 17 heavy (non-hydrogen) atoms. The summed E-state index contributed by atoms with van der Waals surface area (Å²) >= 11 is 0. The molecular weight excluding hydrogens is 212 g/mol. The average molecular weight is 237 g/mol. The number of piperazine rings is 1. The first kappa shape index (κ1) is 11.9. The molecule has 1 radical (unpaired) electrons. The van der Waals surface area contributed by atoms with Gasteiger partial charge in [-0.05, 0) is 25.7 Å². The molecule has 0 aromatic heterocycles. The van der Waals surface area contributed by atoms with Gasteiger partial charge in [-0.2, -0.15) is 0 Å². The summed E-state index contributed by atoms with van der Waals surface area (Å²) in [5.74, 6) is 0.00910. The van der Waals surface area contributed by atoms with Gasteiger partial charge >= 0.3 is 0 Å². The van der Waals surface area contributed by atoms with E-state index in [1.54, 1.807) is 0 Å². The molecule has 3 fully saturated rings. The Bertz CT molecular complexity index is 238. The minimum Gasteiger partial charge on any atom is -0.311 e. The lowest BCUT2D eigenvalue weighted by Crippen LogP contribution is -2.73. The van der Waals surface area contributed by atoms with E-state index in [1.807, 2.05) is 0 Å². The maximum atomic E-state index is 5.06. The quantitative estimate of drug-likeness (QED) is 0.756. The van der Waals surface area contributed by atoms with Crippen molar-refractivity contribution in [3.63, 3.8) is 0 Å². The maximum Gasteiger partial charge on any atom is 0.157 e. The molecule has 0 bridgehead atoms. The molecule has 3 rings (SSSR count). The van der Waals surface area contributed by atoms with Crippen LogP contribution < -0.4 is 10.6 Å². The molecule has 3 heterocycles. The maximum absolute atomic E-state index is 5.06. The predicted molar refractivity (Wildman–Crippen MR) is 68.8 cm³/mol. The zero-order valence-electron chi connectivity index (χ0n) is 10.8. The van der Waals surface area contributed by atoms with Crippen LogP contribution in [0.1, 0.15) is 32.1 Å². The topological polar surface area (TPSA) is 32.6 Å². The van der Waals surface area contributed by atoms with E-state index in [-0.39, 0.29) is 5.79 Å². The third-order valence-electron chi connectivity index (χ3n) is 4.49. The van der Waals surface area contributed by atoms with Crippen LogP contribution in [0.25, 0.3) is 0 Å². The first-order valence-electron chi connectivity index (χ1n) is 7.31. The fraction of sp³-hybridized carbons (Fsp3) is 1.00. The Morgan fingerprint density at radius 1 is 0.824 bits per heavy atom. The predicted octanol–water partition coefficient (Wildman–Crippen LogP) is 0.430. The molecule has 0 amide bonds. The van der Waals surface area contributed by atoms with Crippen molar-refractivity contribution in [2.75, 3.05) is 45.8 Å². The van der Waals surface area contributed by atoms with Crippen molar-refractivity contribution in [2.24, 2.45) is 0 Å². The van der Waals surface area contributed by atoms with Crippen LogP contribution in [-0.4, -0.2) is 61.4 Å². The minimum absolute atomic E-state index is 0.00910. The highest BCUT2D eigenvalue weighted by Crippen LogP contribution is 2.28. The lowest BCUT2D eigenvalue weighted by atomic mass is 10.1. The van der Waals surface area contributed by atoms with Gasteiger partial charge < -0.3 is 5.32 Å². The van der Waals surface area contributed by atoms with Crippen molar-refractivity contribution in [1.82, 2.24) is 20.4 Å². The van der Waals surface area contributed by atoms with Crippen LogP contribution in [0.2, 0.25) is 0 Å². The van der Waals surface area contributed by atoms with Gasteiger partial charge in [-0.15, -0.1) is 0 Å². The number of nitrogens with zero attached hydrogens (tertiary/aromatic N) is 3. The first-order valence-corrected chi connectivity index (χ1v) is 7.31. The van der Waals surface area contributed by atoms with E-state index in [9.17, 15) is 0 Å². The number of piperidine rings is 1. The van der Waals surface area contributed by atoms with E-state index >= 15 is 0 Å². The van der Waals surface area contributed by atoms with Gasteiger partial charge in [-0.1, -0.05) is 6.42 Å². The monoisotopic (exact) mass is 237 g/mol.